The van der Waals surface area contributed by atoms with Crippen LogP contribution in [-0.4, -0.2) is 15.7 Å². The van der Waals surface area contributed by atoms with E-state index in [1.807, 2.05) is 24.3 Å². The van der Waals surface area contributed by atoms with Gasteiger partial charge < -0.3 is 8.98 Å². The number of benzene rings is 2. The summed E-state index contributed by atoms with van der Waals surface area (Å²) in [6.07, 6.45) is 1.49. The van der Waals surface area contributed by atoms with Gasteiger partial charge in [-0.1, -0.05) is 18.2 Å². The lowest BCUT2D eigenvalue weighted by molar-refractivity contribution is -0.402. The van der Waals surface area contributed by atoms with E-state index in [1.165, 1.54) is 29.3 Å². The highest BCUT2D eigenvalue weighted by Gasteiger charge is 2.11. The minimum absolute atomic E-state index is 0.289. The number of nitrogens with zero attached hydrogens (tertiary/aromatic N) is 3. The summed E-state index contributed by atoms with van der Waals surface area (Å²) in [5.74, 6) is 0.0608. The summed E-state index contributed by atoms with van der Waals surface area (Å²) in [6, 6.07) is 17.1. The first-order valence-corrected chi connectivity index (χ1v) is 7.96. The Hall–Kier alpha value is -3.41. The normalized spacial score (nSPS) is 11.7. The zero-order valence-electron chi connectivity index (χ0n) is 13.5. The van der Waals surface area contributed by atoms with Gasteiger partial charge >= 0.3 is 5.88 Å². The first-order chi connectivity index (χ1) is 12.2. The van der Waals surface area contributed by atoms with E-state index >= 15 is 0 Å². The first-order valence-electron chi connectivity index (χ1n) is 7.96. The molecule has 6 heteroatoms. The number of furan rings is 1. The number of hydrogen-bond acceptors (Lipinski definition) is 4. The van der Waals surface area contributed by atoms with Gasteiger partial charge in [0.15, 0.2) is 5.76 Å². The van der Waals surface area contributed by atoms with E-state index in [4.69, 9.17) is 4.42 Å². The number of nitro groups is 1. The number of para-hydroxylation sites is 1. The van der Waals surface area contributed by atoms with Crippen molar-refractivity contribution in [3.05, 3.63) is 70.5 Å². The van der Waals surface area contributed by atoms with Crippen molar-refractivity contribution in [1.29, 1.82) is 0 Å². The quantitative estimate of drug-likeness (QED) is 0.297. The fourth-order valence-corrected chi connectivity index (χ4v) is 3.11. The Balaban J connectivity index is 1.77. The van der Waals surface area contributed by atoms with E-state index < -0.39 is 4.92 Å². The zero-order valence-corrected chi connectivity index (χ0v) is 13.5. The van der Waals surface area contributed by atoms with Crippen LogP contribution in [0.15, 0.2) is 64.0 Å². The molecule has 0 atom stereocenters. The molecule has 0 fully saturated rings. The van der Waals surface area contributed by atoms with Crippen molar-refractivity contribution in [2.45, 2.75) is 13.5 Å². The molecule has 2 aromatic carbocycles. The largest absolute Gasteiger partial charge is 0.433 e. The molecule has 0 spiro atoms. The Morgan fingerprint density at radius 1 is 1.12 bits per heavy atom. The third kappa shape index (κ3) is 2.57. The molecule has 0 N–H and O–H groups in total. The van der Waals surface area contributed by atoms with Crippen LogP contribution in [-0.2, 0) is 6.54 Å². The summed E-state index contributed by atoms with van der Waals surface area (Å²) in [5.41, 5.74) is 3.13. The Morgan fingerprint density at radius 3 is 2.68 bits per heavy atom. The van der Waals surface area contributed by atoms with Gasteiger partial charge in [0.25, 0.3) is 0 Å². The molecule has 0 aliphatic heterocycles. The third-order valence-electron chi connectivity index (χ3n) is 4.21. The maximum Gasteiger partial charge on any atom is 0.433 e. The van der Waals surface area contributed by atoms with Gasteiger partial charge in [-0.15, -0.1) is 0 Å². The van der Waals surface area contributed by atoms with Crippen LogP contribution in [0.4, 0.5) is 11.6 Å². The average molecular weight is 333 g/mol. The van der Waals surface area contributed by atoms with Crippen LogP contribution in [0.3, 0.4) is 0 Å². The molecule has 0 bridgehead atoms. The van der Waals surface area contributed by atoms with Gasteiger partial charge in [-0.05, 0) is 37.3 Å². The second-order valence-electron chi connectivity index (χ2n) is 5.65. The molecular weight excluding hydrogens is 318 g/mol. The maximum atomic E-state index is 10.7. The van der Waals surface area contributed by atoms with Gasteiger partial charge in [0.05, 0.1) is 18.0 Å². The number of hydrogen-bond donors (Lipinski definition) is 0. The number of fused-ring (bicyclic) bond motifs is 3. The van der Waals surface area contributed by atoms with Crippen molar-refractivity contribution in [2.24, 2.45) is 4.99 Å². The standard InChI is InChI=1S/C19H15N3O3/c1-2-21-17-6-4-3-5-15(17)16-11-13(7-9-18(16)21)20-12-14-8-10-19(25-14)22(23)24/h3-12H,2H2,1H3. The van der Waals surface area contributed by atoms with E-state index in [-0.39, 0.29) is 5.88 Å². The van der Waals surface area contributed by atoms with Crippen molar-refractivity contribution in [2.75, 3.05) is 0 Å². The molecule has 0 radical (unpaired) electrons. The predicted octanol–water partition coefficient (Wildman–Crippen LogP) is 5.07. The Kier molecular flexibility index (Phi) is 3.57. The summed E-state index contributed by atoms with van der Waals surface area (Å²) in [7, 11) is 0. The van der Waals surface area contributed by atoms with Gasteiger partial charge in [0.2, 0.25) is 0 Å². The monoisotopic (exact) mass is 333 g/mol. The van der Waals surface area contributed by atoms with Crippen LogP contribution in [0.25, 0.3) is 21.8 Å². The van der Waals surface area contributed by atoms with E-state index in [9.17, 15) is 10.1 Å². The maximum absolute atomic E-state index is 10.7. The second-order valence-corrected chi connectivity index (χ2v) is 5.65. The summed E-state index contributed by atoms with van der Waals surface area (Å²) in [4.78, 5) is 14.5. The second kappa shape index (κ2) is 5.90. The average Bonchev–Trinajstić information content (AvgIpc) is 3.22. The SMILES string of the molecule is CCn1c2ccccc2c2cc(N=Cc3ccc([N+](=O)[O-])o3)ccc21. The number of aliphatic imine (C=N–C) groups is 1. The lowest BCUT2D eigenvalue weighted by Gasteiger charge is -2.02. The molecule has 124 valence electrons. The molecule has 0 saturated heterocycles. The fraction of sp³-hybridized carbons (Fsp3) is 0.105. The van der Waals surface area contributed by atoms with E-state index in [2.05, 4.69) is 34.7 Å². The van der Waals surface area contributed by atoms with Gasteiger partial charge in [-0.3, -0.25) is 15.1 Å². The van der Waals surface area contributed by atoms with Gasteiger partial charge in [-0.25, -0.2) is 0 Å². The molecule has 4 rings (SSSR count). The van der Waals surface area contributed by atoms with Crippen LogP contribution >= 0.6 is 0 Å². The van der Waals surface area contributed by atoms with E-state index in [0.717, 1.165) is 23.1 Å². The summed E-state index contributed by atoms with van der Waals surface area (Å²) >= 11 is 0. The molecule has 4 aromatic rings. The fourth-order valence-electron chi connectivity index (χ4n) is 3.11. The van der Waals surface area contributed by atoms with Crippen molar-refractivity contribution < 1.29 is 9.34 Å². The summed E-state index contributed by atoms with van der Waals surface area (Å²) in [5, 5.41) is 13.0. The third-order valence-corrected chi connectivity index (χ3v) is 4.21. The Labute approximate surface area is 143 Å². The van der Waals surface area contributed by atoms with Crippen molar-refractivity contribution in [3.8, 4) is 0 Å². The van der Waals surface area contributed by atoms with E-state index in [1.54, 1.807) is 0 Å². The van der Waals surface area contributed by atoms with Crippen molar-refractivity contribution in [1.82, 2.24) is 4.57 Å². The minimum Gasteiger partial charge on any atom is -0.400 e. The van der Waals surface area contributed by atoms with Crippen LogP contribution in [0, 0.1) is 10.1 Å². The smallest absolute Gasteiger partial charge is 0.400 e. The van der Waals surface area contributed by atoms with Crippen LogP contribution in [0.5, 0.6) is 0 Å². The summed E-state index contributed by atoms with van der Waals surface area (Å²) < 4.78 is 7.37. The topological polar surface area (TPSA) is 73.6 Å². The first kappa shape index (κ1) is 15.1. The van der Waals surface area contributed by atoms with E-state index in [0.29, 0.717) is 5.76 Å². The molecule has 0 aliphatic carbocycles. The molecule has 0 amide bonds. The van der Waals surface area contributed by atoms with Crippen LogP contribution in [0.2, 0.25) is 0 Å². The van der Waals surface area contributed by atoms with Crippen molar-refractivity contribution in [3.63, 3.8) is 0 Å². The van der Waals surface area contributed by atoms with Gasteiger partial charge in [-0.2, -0.15) is 0 Å². The molecule has 6 nitrogen and oxygen atoms in total. The molecule has 2 aromatic heterocycles. The van der Waals surface area contributed by atoms with Gasteiger partial charge in [0, 0.05) is 28.4 Å². The molecule has 0 saturated carbocycles. The Morgan fingerprint density at radius 2 is 1.92 bits per heavy atom. The highest BCUT2D eigenvalue weighted by atomic mass is 16.6. The number of aromatic nitrogens is 1. The lowest BCUT2D eigenvalue weighted by Crippen LogP contribution is -1.92. The molecule has 0 unspecified atom stereocenters. The van der Waals surface area contributed by atoms with Gasteiger partial charge in [0.1, 0.15) is 4.92 Å². The summed E-state index contributed by atoms with van der Waals surface area (Å²) in [6.45, 7) is 3.02. The number of aryl methyl sites for hydroxylation is 1. The van der Waals surface area contributed by atoms with Crippen LogP contribution in [0.1, 0.15) is 12.7 Å². The van der Waals surface area contributed by atoms with Crippen molar-refractivity contribution >= 4 is 39.6 Å². The Bertz CT molecular complexity index is 1120. The molecule has 25 heavy (non-hydrogen) atoms. The highest BCUT2D eigenvalue weighted by Crippen LogP contribution is 2.31. The number of rotatable bonds is 4. The minimum atomic E-state index is -0.566. The molecular formula is C19H15N3O3. The lowest BCUT2D eigenvalue weighted by atomic mass is 10.1. The molecule has 0 aliphatic rings. The van der Waals surface area contributed by atoms with Crippen LogP contribution < -0.4 is 0 Å². The zero-order chi connectivity index (χ0) is 17.4. The predicted molar refractivity (Wildman–Crippen MR) is 97.7 cm³/mol. The molecule has 2 heterocycles. The highest BCUT2D eigenvalue weighted by molar-refractivity contribution is 6.09.